The van der Waals surface area contributed by atoms with Crippen LogP contribution in [0.4, 0.5) is 5.00 Å². The minimum absolute atomic E-state index is 0.0660. The maximum atomic E-state index is 12.9. The van der Waals surface area contributed by atoms with Gasteiger partial charge in [-0.05, 0) is 49.4 Å². The molecule has 31 heavy (non-hydrogen) atoms. The molecule has 2 atom stereocenters. The number of benzene rings is 2. The number of carbonyl (C=O) groups excluding carboxylic acids is 2. The van der Waals surface area contributed by atoms with Crippen molar-refractivity contribution in [2.24, 2.45) is 5.92 Å². The van der Waals surface area contributed by atoms with Crippen LogP contribution in [-0.2, 0) is 9.53 Å². The van der Waals surface area contributed by atoms with Crippen molar-refractivity contribution in [2.75, 3.05) is 19.0 Å². The Kier molecular flexibility index (Phi) is 6.09. The molecule has 1 fully saturated rings. The van der Waals surface area contributed by atoms with Crippen molar-refractivity contribution in [3.8, 4) is 16.9 Å². The molecule has 1 aliphatic rings. The topological polar surface area (TPSA) is 64.6 Å². The lowest BCUT2D eigenvalue weighted by atomic mass is 10.0. The third-order valence-electron chi connectivity index (χ3n) is 5.54. The zero-order chi connectivity index (χ0) is 22.0. The molecular formula is C25H25NO4S. The zero-order valence-corrected chi connectivity index (χ0v) is 18.6. The van der Waals surface area contributed by atoms with Crippen LogP contribution in [0.25, 0.3) is 11.1 Å². The molecule has 1 amide bonds. The lowest BCUT2D eigenvalue weighted by Gasteiger charge is -2.09. The molecule has 1 aromatic heterocycles. The molecule has 4 rings (SSSR count). The van der Waals surface area contributed by atoms with E-state index in [1.807, 2.05) is 60.8 Å². The highest BCUT2D eigenvalue weighted by molar-refractivity contribution is 7.15. The Balaban J connectivity index is 1.54. The Morgan fingerprint density at radius 1 is 1.10 bits per heavy atom. The molecule has 1 N–H and O–H groups in total. The van der Waals surface area contributed by atoms with E-state index >= 15 is 0 Å². The average molecular weight is 436 g/mol. The molecule has 0 aliphatic heterocycles. The zero-order valence-electron chi connectivity index (χ0n) is 17.8. The summed E-state index contributed by atoms with van der Waals surface area (Å²) in [5.41, 5.74) is 4.39. The van der Waals surface area contributed by atoms with Gasteiger partial charge in [-0.2, -0.15) is 0 Å². The SMILES string of the molecule is CCOC(=O)c1c(-c2ccc(C)cc2)csc1NC(=O)C1CC1c1ccc(OC)cc1. The van der Waals surface area contributed by atoms with Crippen molar-refractivity contribution in [3.63, 3.8) is 0 Å². The smallest absolute Gasteiger partial charge is 0.341 e. The molecule has 1 heterocycles. The third-order valence-corrected chi connectivity index (χ3v) is 6.44. The molecule has 0 saturated heterocycles. The van der Waals surface area contributed by atoms with Crippen LogP contribution in [-0.4, -0.2) is 25.6 Å². The fourth-order valence-electron chi connectivity index (χ4n) is 3.71. The van der Waals surface area contributed by atoms with Crippen molar-refractivity contribution in [3.05, 3.63) is 70.6 Å². The Bertz CT molecular complexity index is 1090. The van der Waals surface area contributed by atoms with Gasteiger partial charge in [0, 0.05) is 16.9 Å². The van der Waals surface area contributed by atoms with Gasteiger partial charge >= 0.3 is 5.97 Å². The highest BCUT2D eigenvalue weighted by atomic mass is 32.1. The Hall–Kier alpha value is -3.12. The Morgan fingerprint density at radius 2 is 1.81 bits per heavy atom. The molecule has 160 valence electrons. The van der Waals surface area contributed by atoms with Crippen molar-refractivity contribution in [2.45, 2.75) is 26.2 Å². The lowest BCUT2D eigenvalue weighted by Crippen LogP contribution is -2.16. The van der Waals surface area contributed by atoms with Crippen molar-refractivity contribution < 1.29 is 19.1 Å². The summed E-state index contributed by atoms with van der Waals surface area (Å²) in [5.74, 6) is 0.398. The summed E-state index contributed by atoms with van der Waals surface area (Å²) in [4.78, 5) is 25.6. The normalized spacial score (nSPS) is 17.1. The number of nitrogens with one attached hydrogen (secondary N) is 1. The molecule has 2 aromatic carbocycles. The minimum atomic E-state index is -0.419. The number of anilines is 1. The second-order valence-corrected chi connectivity index (χ2v) is 8.53. The first-order chi connectivity index (χ1) is 15.0. The summed E-state index contributed by atoms with van der Waals surface area (Å²) in [6, 6.07) is 15.8. The number of ether oxygens (including phenoxy) is 2. The van der Waals surface area contributed by atoms with Crippen LogP contribution in [0.3, 0.4) is 0 Å². The van der Waals surface area contributed by atoms with E-state index in [2.05, 4.69) is 5.32 Å². The number of aryl methyl sites for hydroxylation is 1. The molecule has 5 nitrogen and oxygen atoms in total. The Labute approximate surface area is 186 Å². The van der Waals surface area contributed by atoms with E-state index in [9.17, 15) is 9.59 Å². The summed E-state index contributed by atoms with van der Waals surface area (Å²) in [7, 11) is 1.63. The van der Waals surface area contributed by atoms with Gasteiger partial charge in [0.25, 0.3) is 0 Å². The van der Waals surface area contributed by atoms with Crippen molar-refractivity contribution in [1.29, 1.82) is 0 Å². The fourth-order valence-corrected chi connectivity index (χ4v) is 4.67. The van der Waals surface area contributed by atoms with Crippen LogP contribution in [0.2, 0.25) is 0 Å². The molecule has 2 unspecified atom stereocenters. The van der Waals surface area contributed by atoms with Gasteiger partial charge in [-0.1, -0.05) is 42.0 Å². The molecule has 6 heteroatoms. The van der Waals surface area contributed by atoms with E-state index < -0.39 is 5.97 Å². The van der Waals surface area contributed by atoms with Gasteiger partial charge in [-0.3, -0.25) is 4.79 Å². The summed E-state index contributed by atoms with van der Waals surface area (Å²) in [6.45, 7) is 4.07. The Morgan fingerprint density at radius 3 is 2.45 bits per heavy atom. The first kappa shape index (κ1) is 21.1. The van der Waals surface area contributed by atoms with Gasteiger partial charge in [-0.15, -0.1) is 11.3 Å². The molecule has 3 aromatic rings. The van der Waals surface area contributed by atoms with E-state index in [4.69, 9.17) is 9.47 Å². The number of hydrogen-bond donors (Lipinski definition) is 1. The van der Waals surface area contributed by atoms with Gasteiger partial charge in [0.2, 0.25) is 5.91 Å². The van der Waals surface area contributed by atoms with Gasteiger partial charge in [0.1, 0.15) is 16.3 Å². The fraction of sp³-hybridized carbons (Fsp3) is 0.280. The molecule has 0 bridgehead atoms. The molecule has 1 aliphatic carbocycles. The number of carbonyl (C=O) groups is 2. The number of methoxy groups -OCH3 is 1. The van der Waals surface area contributed by atoms with Crippen LogP contribution in [0.15, 0.2) is 53.9 Å². The van der Waals surface area contributed by atoms with Crippen LogP contribution in [0.1, 0.15) is 40.7 Å². The number of amides is 1. The van der Waals surface area contributed by atoms with Crippen molar-refractivity contribution in [1.82, 2.24) is 0 Å². The number of esters is 1. The minimum Gasteiger partial charge on any atom is -0.497 e. The van der Waals surface area contributed by atoms with Gasteiger partial charge in [0.05, 0.1) is 13.7 Å². The summed E-state index contributed by atoms with van der Waals surface area (Å²) < 4.78 is 10.5. The summed E-state index contributed by atoms with van der Waals surface area (Å²) in [6.07, 6.45) is 0.795. The standard InChI is InChI=1S/C25H25NO4S/c1-4-30-25(28)22-21(17-7-5-15(2)6-8-17)14-31-24(22)26-23(27)20-13-19(20)16-9-11-18(29-3)12-10-16/h5-12,14,19-20H,4,13H2,1-3H3,(H,26,27). The number of hydrogen-bond acceptors (Lipinski definition) is 5. The predicted molar refractivity (Wildman–Crippen MR) is 123 cm³/mol. The first-order valence-corrected chi connectivity index (χ1v) is 11.2. The van der Waals surface area contributed by atoms with Crippen molar-refractivity contribution >= 4 is 28.2 Å². The highest BCUT2D eigenvalue weighted by Crippen LogP contribution is 2.49. The maximum absolute atomic E-state index is 12.9. The van der Waals surface area contributed by atoms with Crippen LogP contribution in [0, 0.1) is 12.8 Å². The summed E-state index contributed by atoms with van der Waals surface area (Å²) in [5, 5.41) is 5.43. The molecular weight excluding hydrogens is 410 g/mol. The third kappa shape index (κ3) is 4.49. The summed E-state index contributed by atoms with van der Waals surface area (Å²) >= 11 is 1.36. The van der Waals surface area contributed by atoms with Gasteiger partial charge < -0.3 is 14.8 Å². The maximum Gasteiger partial charge on any atom is 0.341 e. The van der Waals surface area contributed by atoms with E-state index in [0.717, 1.165) is 34.4 Å². The highest BCUT2D eigenvalue weighted by Gasteiger charge is 2.44. The van der Waals surface area contributed by atoms with E-state index in [-0.39, 0.29) is 24.3 Å². The quantitative estimate of drug-likeness (QED) is 0.487. The van der Waals surface area contributed by atoms with E-state index in [0.29, 0.717) is 10.6 Å². The molecule has 0 radical (unpaired) electrons. The predicted octanol–water partition coefficient (Wildman–Crippen LogP) is 5.65. The lowest BCUT2D eigenvalue weighted by molar-refractivity contribution is -0.117. The largest absolute Gasteiger partial charge is 0.497 e. The first-order valence-electron chi connectivity index (χ1n) is 10.3. The van der Waals surface area contributed by atoms with Gasteiger partial charge in [0.15, 0.2) is 0 Å². The number of thiophene rings is 1. The van der Waals surface area contributed by atoms with E-state index in [1.54, 1.807) is 14.0 Å². The van der Waals surface area contributed by atoms with Crippen LogP contribution < -0.4 is 10.1 Å². The molecule has 1 saturated carbocycles. The van der Waals surface area contributed by atoms with Gasteiger partial charge in [-0.25, -0.2) is 4.79 Å². The average Bonchev–Trinajstić information content (AvgIpc) is 3.48. The van der Waals surface area contributed by atoms with Crippen LogP contribution in [0.5, 0.6) is 5.75 Å². The molecule has 0 spiro atoms. The van der Waals surface area contributed by atoms with Crippen LogP contribution >= 0.6 is 11.3 Å². The number of rotatable bonds is 7. The van der Waals surface area contributed by atoms with E-state index in [1.165, 1.54) is 11.3 Å². The second-order valence-electron chi connectivity index (χ2n) is 7.65. The second kappa shape index (κ2) is 8.94. The monoisotopic (exact) mass is 435 g/mol.